The summed E-state index contributed by atoms with van der Waals surface area (Å²) in [5.41, 5.74) is 0.727. The van der Waals surface area contributed by atoms with Gasteiger partial charge >= 0.3 is 7.60 Å². The summed E-state index contributed by atoms with van der Waals surface area (Å²) >= 11 is 0. The van der Waals surface area contributed by atoms with Gasteiger partial charge in [0, 0.05) is 0 Å². The molecule has 1 atom stereocenters. The molecule has 0 saturated carbocycles. The van der Waals surface area contributed by atoms with E-state index in [9.17, 15) is 9.67 Å². The number of aliphatic hydroxyl groups is 1. The highest BCUT2D eigenvalue weighted by Crippen LogP contribution is 2.59. The van der Waals surface area contributed by atoms with E-state index in [4.69, 9.17) is 14.3 Å². The zero-order valence-corrected chi connectivity index (χ0v) is 11.3. The van der Waals surface area contributed by atoms with Crippen LogP contribution in [-0.2, 0) is 13.6 Å². The summed E-state index contributed by atoms with van der Waals surface area (Å²) in [5, 5.41) is 18.9. The van der Waals surface area contributed by atoms with E-state index < -0.39 is 13.4 Å². The second-order valence-electron chi connectivity index (χ2n) is 3.49. The van der Waals surface area contributed by atoms with Gasteiger partial charge in [-0.05, 0) is 31.5 Å². The van der Waals surface area contributed by atoms with Gasteiger partial charge in [-0.2, -0.15) is 5.26 Å². The lowest BCUT2D eigenvalue weighted by Gasteiger charge is -2.22. The van der Waals surface area contributed by atoms with Crippen LogP contribution in [-0.4, -0.2) is 18.3 Å². The van der Waals surface area contributed by atoms with Crippen LogP contribution >= 0.6 is 7.60 Å². The first-order valence-corrected chi connectivity index (χ1v) is 7.25. The Labute approximate surface area is 106 Å². The van der Waals surface area contributed by atoms with Crippen LogP contribution < -0.4 is 0 Å². The zero-order chi connectivity index (χ0) is 13.6. The van der Waals surface area contributed by atoms with Crippen LogP contribution in [0.5, 0.6) is 0 Å². The molecule has 0 spiro atoms. The fourth-order valence-corrected chi connectivity index (χ4v) is 3.09. The van der Waals surface area contributed by atoms with Gasteiger partial charge in [-0.1, -0.05) is 12.1 Å². The molecule has 0 heterocycles. The summed E-state index contributed by atoms with van der Waals surface area (Å²) in [4.78, 5) is 0. The second kappa shape index (κ2) is 6.67. The Bertz CT molecular complexity index is 473. The summed E-state index contributed by atoms with van der Waals surface area (Å²) in [7, 11) is -3.62. The van der Waals surface area contributed by atoms with Crippen LogP contribution in [0.2, 0.25) is 0 Å². The number of benzene rings is 1. The van der Waals surface area contributed by atoms with Gasteiger partial charge in [-0.15, -0.1) is 0 Å². The van der Waals surface area contributed by atoms with Crippen molar-refractivity contribution in [3.05, 3.63) is 35.4 Å². The van der Waals surface area contributed by atoms with E-state index in [0.717, 1.165) is 0 Å². The molecule has 0 aliphatic heterocycles. The standard InChI is InChI=1S/C12H16NO4P/c1-3-16-18(15,17-4-2)12(14)11-7-5-6-10(8-11)9-13/h5-8,12,14H,3-4H2,1-2H3/t12-/m0/s1. The molecule has 5 nitrogen and oxygen atoms in total. The molecular formula is C12H16NO4P. The molecule has 0 unspecified atom stereocenters. The molecule has 6 heteroatoms. The first-order valence-electron chi connectivity index (χ1n) is 5.64. The zero-order valence-electron chi connectivity index (χ0n) is 10.4. The summed E-state index contributed by atoms with van der Waals surface area (Å²) in [5.74, 6) is -1.38. The van der Waals surface area contributed by atoms with Crippen LogP contribution in [0.3, 0.4) is 0 Å². The molecule has 0 aliphatic rings. The Kier molecular flexibility index (Phi) is 5.52. The van der Waals surface area contributed by atoms with Gasteiger partial charge in [0.25, 0.3) is 0 Å². The van der Waals surface area contributed by atoms with Gasteiger partial charge < -0.3 is 14.2 Å². The molecule has 1 N–H and O–H groups in total. The largest absolute Gasteiger partial charge is 0.376 e. The van der Waals surface area contributed by atoms with Crippen LogP contribution in [0.4, 0.5) is 0 Å². The first kappa shape index (κ1) is 14.9. The molecule has 1 aromatic rings. The van der Waals surface area contributed by atoms with Crippen LogP contribution in [0, 0.1) is 11.3 Å². The Morgan fingerprint density at radius 1 is 1.39 bits per heavy atom. The average Bonchev–Trinajstić information content (AvgIpc) is 2.38. The summed E-state index contributed by atoms with van der Waals surface area (Å²) in [6, 6.07) is 8.21. The van der Waals surface area contributed by atoms with Crippen molar-refractivity contribution < 1.29 is 18.7 Å². The van der Waals surface area contributed by atoms with E-state index >= 15 is 0 Å². The van der Waals surface area contributed by atoms with Crippen molar-refractivity contribution in [2.75, 3.05) is 13.2 Å². The Hall–Kier alpha value is -1.18. The monoisotopic (exact) mass is 269 g/mol. The highest BCUT2D eigenvalue weighted by Gasteiger charge is 2.35. The van der Waals surface area contributed by atoms with Gasteiger partial charge in [0.2, 0.25) is 0 Å². The predicted molar refractivity (Wildman–Crippen MR) is 67.0 cm³/mol. The quantitative estimate of drug-likeness (QED) is 0.803. The van der Waals surface area contributed by atoms with Crippen molar-refractivity contribution in [3.63, 3.8) is 0 Å². The lowest BCUT2D eigenvalue weighted by atomic mass is 10.1. The SMILES string of the molecule is CCOP(=O)(OCC)[C@H](O)c1cccc(C#N)c1. The number of nitrogens with zero attached hydrogens (tertiary/aromatic N) is 1. The molecule has 0 aliphatic carbocycles. The molecule has 0 fully saturated rings. The summed E-state index contributed by atoms with van der Waals surface area (Å²) in [6.07, 6.45) is 0. The molecule has 0 bridgehead atoms. The minimum atomic E-state index is -3.62. The lowest BCUT2D eigenvalue weighted by Crippen LogP contribution is -2.06. The third kappa shape index (κ3) is 3.41. The Morgan fingerprint density at radius 3 is 2.50 bits per heavy atom. The van der Waals surface area contributed by atoms with Gasteiger partial charge in [0.1, 0.15) is 0 Å². The predicted octanol–water partition coefficient (Wildman–Crippen LogP) is 2.82. The van der Waals surface area contributed by atoms with Crippen LogP contribution in [0.1, 0.15) is 30.8 Å². The van der Waals surface area contributed by atoms with E-state index in [-0.39, 0.29) is 13.2 Å². The van der Waals surface area contributed by atoms with E-state index in [1.807, 2.05) is 6.07 Å². The highest BCUT2D eigenvalue weighted by molar-refractivity contribution is 7.54. The van der Waals surface area contributed by atoms with Gasteiger partial charge in [0.15, 0.2) is 5.85 Å². The van der Waals surface area contributed by atoms with Crippen molar-refractivity contribution in [2.24, 2.45) is 0 Å². The maximum absolute atomic E-state index is 12.3. The van der Waals surface area contributed by atoms with Gasteiger partial charge in [-0.25, -0.2) is 0 Å². The highest BCUT2D eigenvalue weighted by atomic mass is 31.2. The minimum absolute atomic E-state index is 0.173. The number of hydrogen-bond acceptors (Lipinski definition) is 5. The van der Waals surface area contributed by atoms with Crippen molar-refractivity contribution >= 4 is 7.60 Å². The van der Waals surface area contributed by atoms with Gasteiger partial charge in [0.05, 0.1) is 24.8 Å². The van der Waals surface area contributed by atoms with Crippen molar-refractivity contribution in [2.45, 2.75) is 19.7 Å². The Balaban J connectivity index is 3.05. The average molecular weight is 269 g/mol. The third-order valence-electron chi connectivity index (χ3n) is 2.23. The molecule has 1 rings (SSSR count). The molecular weight excluding hydrogens is 253 g/mol. The number of nitriles is 1. The number of hydrogen-bond donors (Lipinski definition) is 1. The smallest absolute Gasteiger partial charge is 0.363 e. The molecule has 98 valence electrons. The van der Waals surface area contributed by atoms with Crippen molar-refractivity contribution in [1.29, 1.82) is 5.26 Å². The minimum Gasteiger partial charge on any atom is -0.376 e. The molecule has 0 saturated heterocycles. The maximum Gasteiger partial charge on any atom is 0.363 e. The third-order valence-corrected chi connectivity index (χ3v) is 4.36. The normalized spacial score (nSPS) is 13.0. The van der Waals surface area contributed by atoms with E-state index in [1.165, 1.54) is 6.07 Å². The fourth-order valence-electron chi connectivity index (χ4n) is 1.49. The molecule has 0 aromatic heterocycles. The molecule has 18 heavy (non-hydrogen) atoms. The topological polar surface area (TPSA) is 79.6 Å². The summed E-state index contributed by atoms with van der Waals surface area (Å²) < 4.78 is 22.5. The van der Waals surface area contributed by atoms with Crippen molar-refractivity contribution in [3.8, 4) is 6.07 Å². The number of rotatable bonds is 6. The molecule has 0 amide bonds. The maximum atomic E-state index is 12.3. The number of aliphatic hydroxyl groups excluding tert-OH is 1. The van der Waals surface area contributed by atoms with Crippen LogP contribution in [0.15, 0.2) is 24.3 Å². The molecule has 1 aromatic carbocycles. The Morgan fingerprint density at radius 2 is 2.00 bits per heavy atom. The summed E-state index contributed by atoms with van der Waals surface area (Å²) in [6.45, 7) is 3.69. The van der Waals surface area contributed by atoms with E-state index in [0.29, 0.717) is 11.1 Å². The second-order valence-corrected chi connectivity index (χ2v) is 5.57. The lowest BCUT2D eigenvalue weighted by molar-refractivity contribution is 0.150. The first-order chi connectivity index (χ1) is 8.57. The van der Waals surface area contributed by atoms with Gasteiger partial charge in [-0.3, -0.25) is 4.57 Å². The van der Waals surface area contributed by atoms with Crippen LogP contribution in [0.25, 0.3) is 0 Å². The van der Waals surface area contributed by atoms with E-state index in [2.05, 4.69) is 0 Å². The van der Waals surface area contributed by atoms with E-state index in [1.54, 1.807) is 32.0 Å². The fraction of sp³-hybridized carbons (Fsp3) is 0.417. The van der Waals surface area contributed by atoms with Crippen molar-refractivity contribution in [1.82, 2.24) is 0 Å². The molecule has 0 radical (unpaired) electrons.